The van der Waals surface area contributed by atoms with Crippen LogP contribution in [0.2, 0.25) is 0 Å². The maximum absolute atomic E-state index is 10.7. The van der Waals surface area contributed by atoms with Crippen LogP contribution in [0.15, 0.2) is 5.16 Å². The number of rotatable bonds is 4. The zero-order chi connectivity index (χ0) is 9.61. The maximum Gasteiger partial charge on any atom is 0.328 e. The Balaban J connectivity index is 4.33. The smallest absolute Gasteiger partial charge is 0.267 e. The molecule has 0 aliphatic rings. The standard InChI is InChI=1S/C6H10N2O3S/c1-3-6(5-7)8-11-12(9,10)4-2/h3-4H2,1-2H3. The lowest BCUT2D eigenvalue weighted by Crippen LogP contribution is -2.05. The Labute approximate surface area is 71.8 Å². The fraction of sp³-hybridized carbons (Fsp3) is 0.667. The second-order valence-corrected chi connectivity index (χ2v) is 3.77. The number of nitriles is 1. The summed E-state index contributed by atoms with van der Waals surface area (Å²) in [6.07, 6.45) is 0.357. The topological polar surface area (TPSA) is 79.5 Å². The van der Waals surface area contributed by atoms with Crippen molar-refractivity contribution in [3.8, 4) is 6.07 Å². The summed E-state index contributed by atoms with van der Waals surface area (Å²) in [6.45, 7) is 3.12. The van der Waals surface area contributed by atoms with Crippen LogP contribution in [-0.2, 0) is 14.4 Å². The summed E-state index contributed by atoms with van der Waals surface area (Å²) >= 11 is 0. The van der Waals surface area contributed by atoms with Gasteiger partial charge in [0.1, 0.15) is 6.07 Å². The minimum absolute atomic E-state index is 0.0621. The number of oxime groups is 1. The van der Waals surface area contributed by atoms with Gasteiger partial charge in [0.2, 0.25) is 0 Å². The molecule has 5 nitrogen and oxygen atoms in total. The van der Waals surface area contributed by atoms with Gasteiger partial charge in [-0.3, -0.25) is 4.28 Å². The Morgan fingerprint density at radius 3 is 2.50 bits per heavy atom. The third kappa shape index (κ3) is 3.93. The highest BCUT2D eigenvalue weighted by Crippen LogP contribution is 1.95. The average molecular weight is 190 g/mol. The Morgan fingerprint density at radius 1 is 1.58 bits per heavy atom. The van der Waals surface area contributed by atoms with Gasteiger partial charge in [0, 0.05) is 6.42 Å². The van der Waals surface area contributed by atoms with Crippen LogP contribution in [-0.4, -0.2) is 19.9 Å². The van der Waals surface area contributed by atoms with E-state index in [1.165, 1.54) is 6.92 Å². The summed E-state index contributed by atoms with van der Waals surface area (Å²) in [7, 11) is -3.57. The molecule has 0 unspecified atom stereocenters. The van der Waals surface area contributed by atoms with Gasteiger partial charge in [-0.05, 0) is 6.92 Å². The highest BCUT2D eigenvalue weighted by molar-refractivity contribution is 7.86. The molecule has 0 radical (unpaired) electrons. The van der Waals surface area contributed by atoms with Gasteiger partial charge in [0.25, 0.3) is 0 Å². The third-order valence-corrected chi connectivity index (χ3v) is 2.09. The molecule has 0 bridgehead atoms. The third-order valence-electron chi connectivity index (χ3n) is 1.08. The van der Waals surface area contributed by atoms with Crippen LogP contribution >= 0.6 is 0 Å². The highest BCUT2D eigenvalue weighted by Gasteiger charge is 2.06. The molecule has 0 saturated heterocycles. The average Bonchev–Trinajstić information content (AvgIpc) is 2.06. The molecule has 12 heavy (non-hydrogen) atoms. The van der Waals surface area contributed by atoms with Gasteiger partial charge in [-0.2, -0.15) is 13.7 Å². The largest absolute Gasteiger partial charge is 0.328 e. The van der Waals surface area contributed by atoms with Crippen molar-refractivity contribution < 1.29 is 12.7 Å². The van der Waals surface area contributed by atoms with E-state index in [0.717, 1.165) is 0 Å². The molecule has 0 heterocycles. The maximum atomic E-state index is 10.7. The fourth-order valence-electron chi connectivity index (χ4n) is 0.318. The van der Waals surface area contributed by atoms with E-state index < -0.39 is 10.1 Å². The van der Waals surface area contributed by atoms with Crippen LogP contribution < -0.4 is 0 Å². The predicted octanol–water partition coefficient (Wildman–Crippen LogP) is 0.642. The molecule has 0 N–H and O–H groups in total. The molecule has 0 amide bonds. The van der Waals surface area contributed by atoms with Crippen LogP contribution in [0.1, 0.15) is 20.3 Å². The molecule has 0 fully saturated rings. The lowest BCUT2D eigenvalue weighted by atomic mass is 10.3. The Morgan fingerprint density at radius 2 is 2.17 bits per heavy atom. The molecule has 0 spiro atoms. The van der Waals surface area contributed by atoms with Gasteiger partial charge < -0.3 is 0 Å². The van der Waals surface area contributed by atoms with Crippen LogP contribution in [0, 0.1) is 11.3 Å². The van der Waals surface area contributed by atoms with E-state index in [4.69, 9.17) is 5.26 Å². The van der Waals surface area contributed by atoms with Crippen molar-refractivity contribution in [1.82, 2.24) is 0 Å². The van der Waals surface area contributed by atoms with Crippen molar-refractivity contribution in [3.63, 3.8) is 0 Å². The van der Waals surface area contributed by atoms with Crippen molar-refractivity contribution in [2.45, 2.75) is 20.3 Å². The Bertz CT molecular complexity index is 299. The highest BCUT2D eigenvalue weighted by atomic mass is 32.2. The first-order chi connectivity index (χ1) is 5.55. The van der Waals surface area contributed by atoms with E-state index in [1.54, 1.807) is 13.0 Å². The SMILES string of the molecule is CCC(C#N)=NOS(=O)(=O)CC. The molecule has 6 heteroatoms. The van der Waals surface area contributed by atoms with Crippen LogP contribution in [0.3, 0.4) is 0 Å². The fourth-order valence-corrected chi connectivity index (χ4v) is 0.627. The van der Waals surface area contributed by atoms with Gasteiger partial charge in [0.15, 0.2) is 5.71 Å². The summed E-state index contributed by atoms with van der Waals surface area (Å²) < 4.78 is 25.6. The van der Waals surface area contributed by atoms with E-state index in [-0.39, 0.29) is 11.5 Å². The summed E-state index contributed by atoms with van der Waals surface area (Å²) in [4.78, 5) is 0. The summed E-state index contributed by atoms with van der Waals surface area (Å²) in [5.74, 6) is -0.154. The van der Waals surface area contributed by atoms with Gasteiger partial charge in [-0.15, -0.1) is 0 Å². The van der Waals surface area contributed by atoms with E-state index in [2.05, 4.69) is 9.44 Å². The van der Waals surface area contributed by atoms with E-state index in [9.17, 15) is 8.42 Å². The number of hydrogen-bond donors (Lipinski definition) is 0. The molecule has 0 aliphatic heterocycles. The number of hydrogen-bond acceptors (Lipinski definition) is 5. The number of nitrogens with zero attached hydrogens (tertiary/aromatic N) is 2. The first kappa shape index (κ1) is 10.9. The van der Waals surface area contributed by atoms with Crippen molar-refractivity contribution in [2.75, 3.05) is 5.75 Å². The lowest BCUT2D eigenvalue weighted by Gasteiger charge is -1.96. The minimum atomic E-state index is -3.57. The molecular weight excluding hydrogens is 180 g/mol. The zero-order valence-corrected chi connectivity index (χ0v) is 7.76. The second kappa shape index (κ2) is 4.72. The van der Waals surface area contributed by atoms with E-state index >= 15 is 0 Å². The molecule has 68 valence electrons. The van der Waals surface area contributed by atoms with Gasteiger partial charge in [0.05, 0.1) is 5.75 Å². The van der Waals surface area contributed by atoms with E-state index in [0.29, 0.717) is 6.42 Å². The van der Waals surface area contributed by atoms with Crippen molar-refractivity contribution >= 4 is 15.8 Å². The van der Waals surface area contributed by atoms with Crippen molar-refractivity contribution in [3.05, 3.63) is 0 Å². The van der Waals surface area contributed by atoms with Gasteiger partial charge >= 0.3 is 10.1 Å². The Hall–Kier alpha value is -1.09. The van der Waals surface area contributed by atoms with Crippen LogP contribution in [0.25, 0.3) is 0 Å². The summed E-state index contributed by atoms with van der Waals surface area (Å²) in [6, 6.07) is 1.71. The summed E-state index contributed by atoms with van der Waals surface area (Å²) in [5, 5.41) is 11.5. The van der Waals surface area contributed by atoms with Gasteiger partial charge in [-0.1, -0.05) is 12.1 Å². The van der Waals surface area contributed by atoms with Crippen molar-refractivity contribution in [1.29, 1.82) is 5.26 Å². The first-order valence-corrected chi connectivity index (χ1v) is 5.01. The molecular formula is C6H10N2O3S. The predicted molar refractivity (Wildman–Crippen MR) is 43.9 cm³/mol. The summed E-state index contributed by atoms with van der Waals surface area (Å²) in [5.41, 5.74) is 0.0621. The zero-order valence-electron chi connectivity index (χ0n) is 6.94. The molecule has 0 aliphatic carbocycles. The molecule has 0 atom stereocenters. The van der Waals surface area contributed by atoms with Crippen molar-refractivity contribution in [2.24, 2.45) is 5.16 Å². The molecule has 0 aromatic carbocycles. The normalized spacial score (nSPS) is 12.2. The minimum Gasteiger partial charge on any atom is -0.267 e. The molecule has 0 aromatic heterocycles. The first-order valence-electron chi connectivity index (χ1n) is 3.44. The van der Waals surface area contributed by atoms with E-state index in [1.807, 2.05) is 0 Å². The lowest BCUT2D eigenvalue weighted by molar-refractivity contribution is 0.339. The molecule has 0 aromatic rings. The quantitative estimate of drug-likeness (QED) is 0.481. The van der Waals surface area contributed by atoms with Crippen LogP contribution in [0.5, 0.6) is 0 Å². The Kier molecular flexibility index (Phi) is 4.29. The molecule has 0 saturated carbocycles. The second-order valence-electron chi connectivity index (χ2n) is 1.92. The van der Waals surface area contributed by atoms with Crippen LogP contribution in [0.4, 0.5) is 0 Å². The van der Waals surface area contributed by atoms with Gasteiger partial charge in [-0.25, -0.2) is 0 Å². The monoisotopic (exact) mass is 190 g/mol. The molecule has 0 rings (SSSR count).